The molecular weight excluding hydrogens is 362 g/mol. The highest BCUT2D eigenvalue weighted by atomic mass is 16.7. The average molecular weight is 385 g/mol. The van der Waals surface area contributed by atoms with Crippen molar-refractivity contribution in [1.82, 2.24) is 4.90 Å². The summed E-state index contributed by atoms with van der Waals surface area (Å²) in [5, 5.41) is 5.67. The number of hydrogen-bond acceptors (Lipinski definition) is 5. The van der Waals surface area contributed by atoms with Crippen LogP contribution in [-0.2, 0) is 9.47 Å². The second kappa shape index (κ2) is 8.45. The summed E-state index contributed by atoms with van der Waals surface area (Å²) < 4.78 is 16.3. The number of furan rings is 1. The van der Waals surface area contributed by atoms with E-state index in [-0.39, 0.29) is 30.0 Å². The molecule has 1 aromatic heterocycles. The Morgan fingerprint density at radius 3 is 2.54 bits per heavy atom. The van der Waals surface area contributed by atoms with Crippen LogP contribution in [0.3, 0.4) is 0 Å². The van der Waals surface area contributed by atoms with Crippen LogP contribution >= 0.6 is 0 Å². The molecule has 4 rings (SSSR count). The maximum Gasteiger partial charge on any atom is 0.322 e. The summed E-state index contributed by atoms with van der Waals surface area (Å²) in [6, 6.07) is 9.96. The van der Waals surface area contributed by atoms with E-state index in [1.54, 1.807) is 41.3 Å². The van der Waals surface area contributed by atoms with Crippen molar-refractivity contribution in [3.05, 3.63) is 48.4 Å². The van der Waals surface area contributed by atoms with E-state index in [9.17, 15) is 9.59 Å². The third-order valence-electron chi connectivity index (χ3n) is 4.89. The molecule has 28 heavy (non-hydrogen) atoms. The minimum Gasteiger partial charge on any atom is -0.459 e. The summed E-state index contributed by atoms with van der Waals surface area (Å²) in [5.41, 5.74) is 1.16. The first-order valence-corrected chi connectivity index (χ1v) is 9.46. The van der Waals surface area contributed by atoms with Gasteiger partial charge < -0.3 is 29.4 Å². The van der Waals surface area contributed by atoms with Crippen molar-refractivity contribution >= 4 is 23.3 Å². The minimum atomic E-state index is -0.357. The zero-order valence-corrected chi connectivity index (χ0v) is 15.4. The lowest BCUT2D eigenvalue weighted by Gasteiger charge is -2.37. The van der Waals surface area contributed by atoms with Gasteiger partial charge in [-0.05, 0) is 49.6 Å². The third-order valence-corrected chi connectivity index (χ3v) is 4.89. The monoisotopic (exact) mass is 385 g/mol. The summed E-state index contributed by atoms with van der Waals surface area (Å²) >= 11 is 0. The van der Waals surface area contributed by atoms with Gasteiger partial charge in [-0.3, -0.25) is 4.79 Å². The topological polar surface area (TPSA) is 93.0 Å². The highest BCUT2D eigenvalue weighted by molar-refractivity contribution is 6.02. The predicted octanol–water partition coefficient (Wildman–Crippen LogP) is 3.29. The molecule has 2 aliphatic rings. The summed E-state index contributed by atoms with van der Waals surface area (Å²) in [6.07, 6.45) is 3.95. The molecule has 1 aromatic carbocycles. The van der Waals surface area contributed by atoms with Crippen LogP contribution in [0.4, 0.5) is 16.2 Å². The second-order valence-corrected chi connectivity index (χ2v) is 6.81. The number of nitrogens with zero attached hydrogens (tertiary/aromatic N) is 1. The van der Waals surface area contributed by atoms with Crippen molar-refractivity contribution in [3.63, 3.8) is 0 Å². The van der Waals surface area contributed by atoms with Crippen molar-refractivity contribution in [2.45, 2.75) is 31.6 Å². The summed E-state index contributed by atoms with van der Waals surface area (Å²) in [7, 11) is 0. The Balaban J connectivity index is 1.41. The van der Waals surface area contributed by atoms with Crippen LogP contribution in [0.15, 0.2) is 47.1 Å². The number of carbonyl (C=O) groups is 2. The summed E-state index contributed by atoms with van der Waals surface area (Å²) in [6.45, 7) is 1.79. The molecule has 1 unspecified atom stereocenters. The van der Waals surface area contributed by atoms with Crippen LogP contribution in [0.2, 0.25) is 0 Å². The summed E-state index contributed by atoms with van der Waals surface area (Å²) in [5.74, 6) is -0.123. The van der Waals surface area contributed by atoms with E-state index in [2.05, 4.69) is 10.6 Å². The number of nitrogens with one attached hydrogen (secondary N) is 2. The van der Waals surface area contributed by atoms with Gasteiger partial charge in [0, 0.05) is 17.9 Å². The Kier molecular flexibility index (Phi) is 5.59. The standard InChI is InChI=1S/C20H23N3O5/c24-18(17-8-4-10-26-17)21-14-5-3-6-15(13-14)22-20(25)23-9-2-1-7-16(23)19-27-11-12-28-19/h3-6,8,10,13,16,19H,1-2,7,9,11-12H2,(H,21,24)(H,22,25). The number of amides is 3. The average Bonchev–Trinajstić information content (AvgIpc) is 3.42. The third kappa shape index (κ3) is 4.18. The number of benzene rings is 1. The van der Waals surface area contributed by atoms with Gasteiger partial charge in [0.1, 0.15) is 0 Å². The van der Waals surface area contributed by atoms with Gasteiger partial charge in [-0.25, -0.2) is 4.79 Å². The number of hydrogen-bond donors (Lipinski definition) is 2. The number of piperidine rings is 1. The molecule has 0 aliphatic carbocycles. The molecule has 0 saturated carbocycles. The lowest BCUT2D eigenvalue weighted by atomic mass is 10.0. The first kappa shape index (κ1) is 18.5. The molecular formula is C20H23N3O5. The smallest absolute Gasteiger partial charge is 0.322 e. The molecule has 8 nitrogen and oxygen atoms in total. The lowest BCUT2D eigenvalue weighted by Crippen LogP contribution is -2.51. The molecule has 2 aliphatic heterocycles. The number of anilines is 2. The Hall–Kier alpha value is -2.84. The number of rotatable bonds is 4. The largest absolute Gasteiger partial charge is 0.459 e. The molecule has 8 heteroatoms. The Morgan fingerprint density at radius 2 is 1.79 bits per heavy atom. The van der Waals surface area contributed by atoms with Gasteiger partial charge in [-0.2, -0.15) is 0 Å². The SMILES string of the molecule is O=C(Nc1cccc(NC(=O)N2CCCCC2C2OCCO2)c1)c1ccco1. The van der Waals surface area contributed by atoms with Crippen LogP contribution in [0, 0.1) is 0 Å². The fourth-order valence-corrected chi connectivity index (χ4v) is 3.56. The molecule has 3 heterocycles. The molecule has 0 radical (unpaired) electrons. The van der Waals surface area contributed by atoms with Gasteiger partial charge in [0.05, 0.1) is 25.5 Å². The summed E-state index contributed by atoms with van der Waals surface area (Å²) in [4.78, 5) is 26.8. The lowest BCUT2D eigenvalue weighted by molar-refractivity contribution is -0.0973. The van der Waals surface area contributed by atoms with Gasteiger partial charge in [0.25, 0.3) is 5.91 Å². The van der Waals surface area contributed by atoms with Crippen molar-refractivity contribution in [1.29, 1.82) is 0 Å². The molecule has 148 valence electrons. The highest BCUT2D eigenvalue weighted by Crippen LogP contribution is 2.25. The van der Waals surface area contributed by atoms with E-state index >= 15 is 0 Å². The highest BCUT2D eigenvalue weighted by Gasteiger charge is 2.36. The predicted molar refractivity (Wildman–Crippen MR) is 102 cm³/mol. The maximum atomic E-state index is 12.9. The number of urea groups is 1. The van der Waals surface area contributed by atoms with Crippen molar-refractivity contribution in [2.75, 3.05) is 30.4 Å². The van der Waals surface area contributed by atoms with Crippen LogP contribution in [0.5, 0.6) is 0 Å². The number of carbonyl (C=O) groups excluding carboxylic acids is 2. The van der Waals surface area contributed by atoms with E-state index in [1.165, 1.54) is 6.26 Å². The molecule has 2 aromatic rings. The molecule has 0 spiro atoms. The second-order valence-electron chi connectivity index (χ2n) is 6.81. The van der Waals surface area contributed by atoms with E-state index in [0.717, 1.165) is 19.3 Å². The van der Waals surface area contributed by atoms with Crippen LogP contribution in [0.25, 0.3) is 0 Å². The van der Waals surface area contributed by atoms with E-state index in [1.807, 2.05) is 0 Å². The zero-order chi connectivity index (χ0) is 19.3. The molecule has 3 amide bonds. The Labute approximate surface area is 162 Å². The molecule has 1 atom stereocenters. The fourth-order valence-electron chi connectivity index (χ4n) is 3.56. The first-order chi connectivity index (χ1) is 13.7. The van der Waals surface area contributed by atoms with Crippen molar-refractivity contribution in [3.8, 4) is 0 Å². The zero-order valence-electron chi connectivity index (χ0n) is 15.4. The van der Waals surface area contributed by atoms with E-state index in [0.29, 0.717) is 31.1 Å². The van der Waals surface area contributed by atoms with Gasteiger partial charge in [0.15, 0.2) is 12.1 Å². The minimum absolute atomic E-state index is 0.0851. The maximum absolute atomic E-state index is 12.9. The normalized spacial score (nSPS) is 20.1. The molecule has 0 bridgehead atoms. The Morgan fingerprint density at radius 1 is 1.00 bits per heavy atom. The number of likely N-dealkylation sites (tertiary alicyclic amines) is 1. The van der Waals surface area contributed by atoms with Crippen LogP contribution in [0.1, 0.15) is 29.8 Å². The number of ether oxygens (including phenoxy) is 2. The molecule has 2 N–H and O–H groups in total. The quantitative estimate of drug-likeness (QED) is 0.842. The molecule has 2 saturated heterocycles. The fraction of sp³-hybridized carbons (Fsp3) is 0.400. The van der Waals surface area contributed by atoms with E-state index in [4.69, 9.17) is 13.9 Å². The van der Waals surface area contributed by atoms with Crippen LogP contribution in [-0.4, -0.2) is 48.9 Å². The van der Waals surface area contributed by atoms with Crippen LogP contribution < -0.4 is 10.6 Å². The van der Waals surface area contributed by atoms with Gasteiger partial charge in [-0.1, -0.05) is 6.07 Å². The molecule has 2 fully saturated rings. The van der Waals surface area contributed by atoms with Gasteiger partial charge in [0.2, 0.25) is 0 Å². The van der Waals surface area contributed by atoms with Crippen molar-refractivity contribution in [2.24, 2.45) is 0 Å². The first-order valence-electron chi connectivity index (χ1n) is 9.46. The van der Waals surface area contributed by atoms with Gasteiger partial charge in [-0.15, -0.1) is 0 Å². The Bertz CT molecular complexity index is 817. The van der Waals surface area contributed by atoms with Crippen molar-refractivity contribution < 1.29 is 23.5 Å². The van der Waals surface area contributed by atoms with E-state index < -0.39 is 0 Å². The van der Waals surface area contributed by atoms with Gasteiger partial charge >= 0.3 is 6.03 Å².